The minimum atomic E-state index is -4.70. The first-order valence-electron chi connectivity index (χ1n) is 8.36. The van der Waals surface area contributed by atoms with Gasteiger partial charge in [-0.05, 0) is 36.8 Å². The molecule has 0 aliphatic carbocycles. The second kappa shape index (κ2) is 8.16. The Morgan fingerprint density at radius 1 is 1.07 bits per heavy atom. The second-order valence-corrected chi connectivity index (χ2v) is 7.98. The van der Waals surface area contributed by atoms with E-state index in [1.54, 1.807) is 31.2 Å². The van der Waals surface area contributed by atoms with Gasteiger partial charge in [-0.15, -0.1) is 10.2 Å². The topological polar surface area (TPSA) is 77.2 Å². The summed E-state index contributed by atoms with van der Waals surface area (Å²) < 4.78 is 61.0. The fourth-order valence-corrected chi connectivity index (χ4v) is 4.37. The van der Waals surface area contributed by atoms with Crippen LogP contribution in [0.2, 0.25) is 0 Å². The highest BCUT2D eigenvalue weighted by Crippen LogP contribution is 2.50. The minimum Gasteiger partial charge on any atom is -0.413 e. The third kappa shape index (κ3) is 4.99. The molecule has 0 bridgehead atoms. The number of hydrogen-bond donors (Lipinski definition) is 1. The van der Waals surface area contributed by atoms with E-state index in [-0.39, 0.29) is 18.7 Å². The molecule has 148 valence electrons. The van der Waals surface area contributed by atoms with Crippen LogP contribution in [0.1, 0.15) is 18.4 Å². The van der Waals surface area contributed by atoms with Crippen molar-refractivity contribution in [2.75, 3.05) is 11.7 Å². The average Bonchev–Trinajstić information content (AvgIpc) is 3.14. The molecule has 3 rings (SSSR count). The van der Waals surface area contributed by atoms with Crippen LogP contribution in [0.5, 0.6) is 0 Å². The number of benzene rings is 2. The van der Waals surface area contributed by atoms with E-state index >= 15 is 0 Å². The molecule has 1 heterocycles. The molecule has 0 fully saturated rings. The molecule has 10 heteroatoms. The van der Waals surface area contributed by atoms with Crippen LogP contribution in [-0.2, 0) is 21.4 Å². The van der Waals surface area contributed by atoms with Gasteiger partial charge in [-0.1, -0.05) is 30.3 Å². The van der Waals surface area contributed by atoms with Crippen LogP contribution in [0, 0.1) is 0 Å². The van der Waals surface area contributed by atoms with Crippen molar-refractivity contribution in [2.24, 2.45) is 0 Å². The van der Waals surface area contributed by atoms with Crippen LogP contribution in [0.15, 0.2) is 59.0 Å². The molecule has 0 aliphatic rings. The van der Waals surface area contributed by atoms with E-state index in [2.05, 4.69) is 19.7 Å². The number of aromatic nitrogens is 2. The van der Waals surface area contributed by atoms with E-state index in [0.717, 1.165) is 0 Å². The van der Waals surface area contributed by atoms with Gasteiger partial charge in [0.1, 0.15) is 0 Å². The van der Waals surface area contributed by atoms with Crippen LogP contribution in [0.4, 0.5) is 18.9 Å². The van der Waals surface area contributed by atoms with Gasteiger partial charge in [-0.25, -0.2) is 0 Å². The Hall–Kier alpha value is -2.64. The predicted octanol–water partition coefficient (Wildman–Crippen LogP) is 5.60. The van der Waals surface area contributed by atoms with Crippen molar-refractivity contribution in [1.82, 2.24) is 10.2 Å². The molecule has 3 aromatic rings. The lowest BCUT2D eigenvalue weighted by Gasteiger charge is -2.20. The predicted molar refractivity (Wildman–Crippen MR) is 97.7 cm³/mol. The van der Waals surface area contributed by atoms with Gasteiger partial charge in [0.2, 0.25) is 5.89 Å². The second-order valence-electron chi connectivity index (χ2n) is 5.83. The van der Waals surface area contributed by atoms with E-state index in [0.29, 0.717) is 16.8 Å². The summed E-state index contributed by atoms with van der Waals surface area (Å²) in [7, 11) is -3.22. The molecule has 0 saturated heterocycles. The summed E-state index contributed by atoms with van der Waals surface area (Å²) in [6.45, 7) is 2.01. The van der Waals surface area contributed by atoms with Crippen molar-refractivity contribution in [1.29, 1.82) is 0 Å². The number of para-hydroxylation sites is 1. The summed E-state index contributed by atoms with van der Waals surface area (Å²) in [4.78, 5) is 0. The van der Waals surface area contributed by atoms with Crippen molar-refractivity contribution < 1.29 is 26.7 Å². The standard InChI is InChI=1S/C18H17F3N3O3P/c1-2-26-28(25,24-15-6-4-3-5-7-15)12-13-8-10-14(11-9-13)16-22-23-17(27-16)18(19,20)21/h3-11H,2,12H2,1H3,(H,24,25). The van der Waals surface area contributed by atoms with Crippen LogP contribution in [0.25, 0.3) is 11.5 Å². The van der Waals surface area contributed by atoms with Crippen molar-refractivity contribution in [3.05, 3.63) is 66.1 Å². The summed E-state index contributed by atoms with van der Waals surface area (Å²) in [6.07, 6.45) is -4.59. The van der Waals surface area contributed by atoms with Gasteiger partial charge in [0.15, 0.2) is 0 Å². The minimum absolute atomic E-state index is 0.105. The monoisotopic (exact) mass is 411 g/mol. The molecule has 1 atom stereocenters. The molecule has 1 unspecified atom stereocenters. The summed E-state index contributed by atoms with van der Waals surface area (Å²) >= 11 is 0. The third-order valence-electron chi connectivity index (χ3n) is 3.67. The molecule has 1 aromatic heterocycles. The quantitative estimate of drug-likeness (QED) is 0.510. The Balaban J connectivity index is 1.76. The van der Waals surface area contributed by atoms with E-state index in [1.165, 1.54) is 12.1 Å². The lowest BCUT2D eigenvalue weighted by molar-refractivity contribution is -0.156. The van der Waals surface area contributed by atoms with Gasteiger partial charge in [0.25, 0.3) is 7.52 Å². The summed E-state index contributed by atoms with van der Waals surface area (Å²) in [5.41, 5.74) is 1.68. The van der Waals surface area contributed by atoms with Crippen molar-refractivity contribution >= 4 is 13.2 Å². The first kappa shape index (κ1) is 20.1. The third-order valence-corrected chi connectivity index (χ3v) is 5.73. The van der Waals surface area contributed by atoms with Gasteiger partial charge in [-0.3, -0.25) is 4.57 Å². The fraction of sp³-hybridized carbons (Fsp3) is 0.222. The molecule has 2 aromatic carbocycles. The highest BCUT2D eigenvalue weighted by Gasteiger charge is 2.38. The molecule has 1 N–H and O–H groups in total. The summed E-state index contributed by atoms with van der Waals surface area (Å²) in [6, 6.07) is 15.3. The molecule has 0 aliphatic heterocycles. The molecule has 0 amide bonds. The maximum Gasteiger partial charge on any atom is 0.470 e. The Bertz CT molecular complexity index is 959. The van der Waals surface area contributed by atoms with Crippen LogP contribution in [0.3, 0.4) is 0 Å². The Morgan fingerprint density at radius 3 is 2.32 bits per heavy atom. The highest BCUT2D eigenvalue weighted by molar-refractivity contribution is 7.59. The zero-order valence-electron chi connectivity index (χ0n) is 14.8. The van der Waals surface area contributed by atoms with Gasteiger partial charge >= 0.3 is 12.1 Å². The van der Waals surface area contributed by atoms with E-state index < -0.39 is 19.6 Å². The molecule has 0 spiro atoms. The Kier molecular flexibility index (Phi) is 5.86. The van der Waals surface area contributed by atoms with Gasteiger partial charge in [0.05, 0.1) is 12.8 Å². The van der Waals surface area contributed by atoms with Crippen LogP contribution >= 0.6 is 7.52 Å². The molecular formula is C18H17F3N3O3P. The summed E-state index contributed by atoms with van der Waals surface area (Å²) in [5.74, 6) is -1.64. The highest BCUT2D eigenvalue weighted by atomic mass is 31.2. The van der Waals surface area contributed by atoms with Crippen LogP contribution < -0.4 is 5.09 Å². The lowest BCUT2D eigenvalue weighted by atomic mass is 10.1. The first-order valence-corrected chi connectivity index (χ1v) is 10.2. The van der Waals surface area contributed by atoms with Crippen molar-refractivity contribution in [2.45, 2.75) is 19.3 Å². The maximum absolute atomic E-state index is 13.1. The molecule has 28 heavy (non-hydrogen) atoms. The Morgan fingerprint density at radius 2 is 1.75 bits per heavy atom. The SMILES string of the molecule is CCOP(=O)(Cc1ccc(-c2nnc(C(F)(F)F)o2)cc1)Nc1ccccc1. The van der Waals surface area contributed by atoms with E-state index in [1.807, 2.05) is 18.2 Å². The molecule has 6 nitrogen and oxygen atoms in total. The summed E-state index contributed by atoms with van der Waals surface area (Å²) in [5, 5.41) is 9.35. The number of hydrogen-bond acceptors (Lipinski definition) is 5. The number of anilines is 1. The van der Waals surface area contributed by atoms with Crippen LogP contribution in [-0.4, -0.2) is 16.8 Å². The average molecular weight is 411 g/mol. The number of nitrogens with zero attached hydrogens (tertiary/aromatic N) is 2. The number of rotatable bonds is 7. The van der Waals surface area contributed by atoms with Gasteiger partial charge in [0, 0.05) is 11.3 Å². The number of alkyl halides is 3. The van der Waals surface area contributed by atoms with E-state index in [4.69, 9.17) is 4.52 Å². The maximum atomic E-state index is 13.1. The zero-order chi connectivity index (χ0) is 20.2. The molecule has 0 radical (unpaired) electrons. The zero-order valence-corrected chi connectivity index (χ0v) is 15.7. The molecular weight excluding hydrogens is 394 g/mol. The first-order chi connectivity index (χ1) is 13.3. The van der Waals surface area contributed by atoms with Crippen molar-refractivity contribution in [3.8, 4) is 11.5 Å². The number of nitrogens with one attached hydrogen (secondary N) is 1. The normalized spacial score (nSPS) is 13.9. The number of halogens is 3. The fourth-order valence-electron chi connectivity index (χ4n) is 2.48. The van der Waals surface area contributed by atoms with Crippen molar-refractivity contribution in [3.63, 3.8) is 0 Å². The smallest absolute Gasteiger partial charge is 0.413 e. The lowest BCUT2D eigenvalue weighted by Crippen LogP contribution is -2.04. The van der Waals surface area contributed by atoms with E-state index in [9.17, 15) is 17.7 Å². The van der Waals surface area contributed by atoms with Gasteiger partial charge in [-0.2, -0.15) is 13.2 Å². The van der Waals surface area contributed by atoms with Gasteiger partial charge < -0.3 is 14.0 Å². The molecule has 0 saturated carbocycles. The Labute approximate surface area is 159 Å². The largest absolute Gasteiger partial charge is 0.470 e.